The van der Waals surface area contributed by atoms with Crippen molar-refractivity contribution in [2.75, 3.05) is 12.8 Å². The molecule has 0 unspecified atom stereocenters. The molecule has 0 amide bonds. The zero-order valence-corrected chi connectivity index (χ0v) is 21.4. The minimum Gasteiger partial charge on any atom is -0.465 e. The number of ether oxygens (including phenoxy) is 1. The summed E-state index contributed by atoms with van der Waals surface area (Å²) in [6.45, 7) is 11.1. The Morgan fingerprint density at radius 2 is 1.69 bits per heavy atom. The van der Waals surface area contributed by atoms with Crippen molar-refractivity contribution in [1.82, 2.24) is 4.57 Å². The van der Waals surface area contributed by atoms with Gasteiger partial charge in [-0.3, -0.25) is 4.79 Å². The lowest BCUT2D eigenvalue weighted by Gasteiger charge is -2.19. The maximum Gasteiger partial charge on any atom is 0.407 e. The zero-order chi connectivity index (χ0) is 28.5. The topological polar surface area (TPSA) is 78.7 Å². The highest BCUT2D eigenvalue weighted by atomic mass is 19.4. The highest BCUT2D eigenvalue weighted by molar-refractivity contribution is 5.96. The molecular weight excluding hydrogens is 507 g/mol. The Hall–Kier alpha value is -4.84. The van der Waals surface area contributed by atoms with E-state index in [1.165, 1.54) is 23.8 Å². The number of nitrogens with two attached hydrogens (primary N) is 1. The summed E-state index contributed by atoms with van der Waals surface area (Å²) >= 11 is 0. The number of anilines is 1. The van der Waals surface area contributed by atoms with Crippen molar-refractivity contribution >= 4 is 17.3 Å². The molecule has 1 aromatic heterocycles. The molecule has 3 aromatic carbocycles. The van der Waals surface area contributed by atoms with Crippen LogP contribution >= 0.6 is 0 Å². The quantitative estimate of drug-likeness (QED) is 0.175. The van der Waals surface area contributed by atoms with Crippen LogP contribution in [-0.4, -0.2) is 17.6 Å². The predicted molar refractivity (Wildman–Crippen MR) is 144 cm³/mol. The summed E-state index contributed by atoms with van der Waals surface area (Å²) in [4.78, 5) is 28.5. The van der Waals surface area contributed by atoms with Crippen LogP contribution < -0.4 is 11.3 Å². The molecule has 0 saturated heterocycles. The Bertz CT molecular complexity index is 1700. The predicted octanol–water partition coefficient (Wildman–Crippen LogP) is 6.79. The largest absolute Gasteiger partial charge is 0.465 e. The smallest absolute Gasteiger partial charge is 0.407 e. The van der Waals surface area contributed by atoms with E-state index in [9.17, 15) is 22.8 Å². The number of carbonyl (C=O) groups is 1. The van der Waals surface area contributed by atoms with Crippen molar-refractivity contribution in [2.24, 2.45) is 0 Å². The Morgan fingerprint density at radius 1 is 1.00 bits per heavy atom. The van der Waals surface area contributed by atoms with E-state index in [1.807, 2.05) is 32.0 Å². The van der Waals surface area contributed by atoms with E-state index >= 15 is 0 Å². The Labute approximate surface area is 222 Å². The number of aromatic nitrogens is 1. The number of esters is 1. The zero-order valence-electron chi connectivity index (χ0n) is 21.4. The summed E-state index contributed by atoms with van der Waals surface area (Å²) in [5, 5.41) is 0. The third kappa shape index (κ3) is 5.41. The number of hydrogen-bond donors (Lipinski definition) is 1. The number of nitrogen functional groups attached to an aromatic ring is 1. The van der Waals surface area contributed by atoms with Crippen molar-refractivity contribution in [3.05, 3.63) is 116 Å². The summed E-state index contributed by atoms with van der Waals surface area (Å²) in [6, 6.07) is 17.8. The fraction of sp³-hybridized carbons (Fsp3) is 0.167. The molecule has 0 aliphatic carbocycles. The SMILES string of the molecule is [C-]#[N+]c1c(C(F)(F)F)cc(-c2cccc(-c3ccc(N)c(C(=O)OC)c3)c2)n(Cc2ccc(C)cc2C)c1=O. The van der Waals surface area contributed by atoms with Gasteiger partial charge in [-0.05, 0) is 65.9 Å². The first-order valence-electron chi connectivity index (χ1n) is 11.8. The van der Waals surface area contributed by atoms with E-state index in [0.29, 0.717) is 16.7 Å². The summed E-state index contributed by atoms with van der Waals surface area (Å²) in [5.41, 5.74) is 7.05. The number of aryl methyl sites for hydroxylation is 2. The van der Waals surface area contributed by atoms with Crippen molar-refractivity contribution in [3.8, 4) is 22.4 Å². The van der Waals surface area contributed by atoms with E-state index in [1.54, 1.807) is 30.3 Å². The van der Waals surface area contributed by atoms with Gasteiger partial charge in [-0.1, -0.05) is 48.0 Å². The van der Waals surface area contributed by atoms with E-state index in [-0.39, 0.29) is 23.5 Å². The third-order valence-electron chi connectivity index (χ3n) is 6.47. The van der Waals surface area contributed by atoms with Gasteiger partial charge in [0, 0.05) is 11.4 Å². The second kappa shape index (κ2) is 10.5. The molecule has 0 bridgehead atoms. The standard InChI is InChI=1S/C30H24F3N3O3/c1-17-8-9-22(18(2)12-17)16-36-26(15-24(30(31,32)33)27(35-3)28(36)37)21-7-5-6-19(13-21)20-10-11-25(34)23(14-20)29(38)39-4/h5-15H,16,34H2,1-2,4H3. The molecule has 0 spiro atoms. The van der Waals surface area contributed by atoms with E-state index in [2.05, 4.69) is 4.85 Å². The van der Waals surface area contributed by atoms with Crippen LogP contribution in [-0.2, 0) is 17.5 Å². The van der Waals surface area contributed by atoms with Crippen molar-refractivity contribution < 1.29 is 22.7 Å². The van der Waals surface area contributed by atoms with Crippen molar-refractivity contribution in [2.45, 2.75) is 26.6 Å². The van der Waals surface area contributed by atoms with Crippen LogP contribution in [0.3, 0.4) is 0 Å². The third-order valence-corrected chi connectivity index (χ3v) is 6.47. The van der Waals surface area contributed by atoms with Crippen LogP contribution in [0.4, 0.5) is 24.5 Å². The van der Waals surface area contributed by atoms with E-state index in [4.69, 9.17) is 17.0 Å². The average Bonchev–Trinajstić information content (AvgIpc) is 2.90. The number of halogens is 3. The monoisotopic (exact) mass is 531 g/mol. The summed E-state index contributed by atoms with van der Waals surface area (Å²) in [5.74, 6) is -0.627. The number of methoxy groups -OCH3 is 1. The van der Waals surface area contributed by atoms with Gasteiger partial charge in [-0.15, -0.1) is 0 Å². The molecule has 39 heavy (non-hydrogen) atoms. The van der Waals surface area contributed by atoms with Crippen molar-refractivity contribution in [1.29, 1.82) is 0 Å². The van der Waals surface area contributed by atoms with Gasteiger partial charge in [-0.25, -0.2) is 9.64 Å². The number of nitrogens with zero attached hydrogens (tertiary/aromatic N) is 2. The number of benzene rings is 3. The molecule has 0 radical (unpaired) electrons. The van der Waals surface area contributed by atoms with Crippen LogP contribution in [0, 0.1) is 20.4 Å². The fourth-order valence-electron chi connectivity index (χ4n) is 4.43. The molecule has 0 saturated carbocycles. The minimum absolute atomic E-state index is 0.00480. The Balaban J connectivity index is 1.96. The van der Waals surface area contributed by atoms with Gasteiger partial charge in [0.2, 0.25) is 0 Å². The minimum atomic E-state index is -4.91. The first-order chi connectivity index (χ1) is 18.4. The second-order valence-electron chi connectivity index (χ2n) is 9.10. The lowest BCUT2D eigenvalue weighted by molar-refractivity contribution is -0.136. The number of carbonyl (C=O) groups excluding carboxylic acids is 1. The molecule has 9 heteroatoms. The molecule has 1 heterocycles. The highest BCUT2D eigenvalue weighted by Crippen LogP contribution is 2.38. The number of alkyl halides is 3. The van der Waals surface area contributed by atoms with Crippen LogP contribution in [0.15, 0.2) is 71.5 Å². The molecule has 0 aliphatic heterocycles. The van der Waals surface area contributed by atoms with E-state index in [0.717, 1.165) is 22.8 Å². The van der Waals surface area contributed by atoms with Crippen LogP contribution in [0.2, 0.25) is 0 Å². The van der Waals surface area contributed by atoms with Crippen molar-refractivity contribution in [3.63, 3.8) is 0 Å². The molecular formula is C30H24F3N3O3. The van der Waals surface area contributed by atoms with Gasteiger partial charge < -0.3 is 15.0 Å². The number of rotatable bonds is 5. The number of pyridine rings is 1. The lowest BCUT2D eigenvalue weighted by Crippen LogP contribution is -2.25. The second-order valence-corrected chi connectivity index (χ2v) is 9.10. The van der Waals surface area contributed by atoms with Crippen LogP contribution in [0.25, 0.3) is 27.2 Å². The first-order valence-corrected chi connectivity index (χ1v) is 11.8. The first kappa shape index (κ1) is 27.2. The molecule has 0 fully saturated rings. The number of hydrogen-bond acceptors (Lipinski definition) is 4. The molecule has 0 atom stereocenters. The molecule has 2 N–H and O–H groups in total. The maximum absolute atomic E-state index is 14.0. The average molecular weight is 532 g/mol. The fourth-order valence-corrected chi connectivity index (χ4v) is 4.43. The molecule has 198 valence electrons. The molecule has 0 aliphatic rings. The van der Waals surface area contributed by atoms with Gasteiger partial charge in [0.05, 0.1) is 31.4 Å². The summed E-state index contributed by atoms with van der Waals surface area (Å²) in [7, 11) is 1.23. The molecule has 4 rings (SSSR count). The van der Waals surface area contributed by atoms with E-state index < -0.39 is 29.0 Å². The maximum atomic E-state index is 14.0. The van der Waals surface area contributed by atoms with Gasteiger partial charge in [0.1, 0.15) is 0 Å². The Morgan fingerprint density at radius 3 is 2.33 bits per heavy atom. The Kier molecular flexibility index (Phi) is 7.32. The summed E-state index contributed by atoms with van der Waals surface area (Å²) in [6.07, 6.45) is -4.91. The van der Waals surface area contributed by atoms with Gasteiger partial charge >= 0.3 is 12.1 Å². The highest BCUT2D eigenvalue weighted by Gasteiger charge is 2.36. The molecule has 6 nitrogen and oxygen atoms in total. The van der Waals surface area contributed by atoms with Gasteiger partial charge in [-0.2, -0.15) is 13.2 Å². The van der Waals surface area contributed by atoms with Crippen LogP contribution in [0.5, 0.6) is 0 Å². The van der Waals surface area contributed by atoms with Gasteiger partial charge in [0.15, 0.2) is 0 Å². The molecule has 4 aromatic rings. The normalized spacial score (nSPS) is 11.2. The van der Waals surface area contributed by atoms with Gasteiger partial charge in [0.25, 0.3) is 11.2 Å². The van der Waals surface area contributed by atoms with Crippen LogP contribution in [0.1, 0.15) is 32.6 Å². The summed E-state index contributed by atoms with van der Waals surface area (Å²) < 4.78 is 47.9. The lowest BCUT2D eigenvalue weighted by atomic mass is 9.98.